The van der Waals surface area contributed by atoms with Crippen molar-refractivity contribution in [2.24, 2.45) is 17.8 Å². The van der Waals surface area contributed by atoms with E-state index in [0.717, 1.165) is 12.8 Å². The number of carbonyl (C=O) groups is 2. The van der Waals surface area contributed by atoms with E-state index in [0.29, 0.717) is 23.3 Å². The molecule has 1 fully saturated rings. The molecule has 1 aliphatic rings. The normalized spacial score (nSPS) is 24.2. The summed E-state index contributed by atoms with van der Waals surface area (Å²) in [5.41, 5.74) is 0.673. The number of hydrogen-bond donors (Lipinski definition) is 1. The van der Waals surface area contributed by atoms with E-state index in [9.17, 15) is 9.59 Å². The van der Waals surface area contributed by atoms with Crippen LogP contribution in [0, 0.1) is 17.8 Å². The van der Waals surface area contributed by atoms with Gasteiger partial charge >= 0.3 is 11.9 Å². The summed E-state index contributed by atoms with van der Waals surface area (Å²) in [7, 11) is 0. The summed E-state index contributed by atoms with van der Waals surface area (Å²) in [6, 6.07) is 6.60. The number of hydrogen-bond acceptors (Lipinski definition) is 3. The Hall–Kier alpha value is -2.10. The van der Waals surface area contributed by atoms with E-state index in [1.807, 2.05) is 0 Å². The Bertz CT molecular complexity index is 618. The van der Waals surface area contributed by atoms with Gasteiger partial charge in [0, 0.05) is 6.08 Å². The van der Waals surface area contributed by atoms with Gasteiger partial charge in [-0.05, 0) is 48.3 Å². The summed E-state index contributed by atoms with van der Waals surface area (Å²) >= 11 is 0. The molecule has 0 amide bonds. The van der Waals surface area contributed by atoms with E-state index in [1.165, 1.54) is 24.6 Å². The maximum absolute atomic E-state index is 12.2. The number of rotatable bonds is 5. The third-order valence-electron chi connectivity index (χ3n) is 4.82. The predicted molar refractivity (Wildman–Crippen MR) is 93.7 cm³/mol. The summed E-state index contributed by atoms with van der Waals surface area (Å²) < 4.78 is 5.68. The molecule has 0 unspecified atom stereocenters. The van der Waals surface area contributed by atoms with Crippen molar-refractivity contribution < 1.29 is 19.4 Å². The van der Waals surface area contributed by atoms with E-state index in [-0.39, 0.29) is 11.7 Å². The lowest BCUT2D eigenvalue weighted by atomic mass is 9.75. The van der Waals surface area contributed by atoms with Crippen LogP contribution < -0.4 is 0 Å². The Kier molecular flexibility index (Phi) is 6.18. The van der Waals surface area contributed by atoms with Crippen LogP contribution in [0.15, 0.2) is 30.3 Å². The number of ether oxygens (including phenoxy) is 1. The van der Waals surface area contributed by atoms with Crippen molar-refractivity contribution in [1.82, 2.24) is 0 Å². The third kappa shape index (κ3) is 4.70. The van der Waals surface area contributed by atoms with Crippen LogP contribution in [0.5, 0.6) is 0 Å². The predicted octanol–water partition coefficient (Wildman–Crippen LogP) is 4.40. The number of aromatic carboxylic acids is 1. The van der Waals surface area contributed by atoms with Crippen molar-refractivity contribution in [3.8, 4) is 0 Å². The van der Waals surface area contributed by atoms with Crippen LogP contribution in [0.3, 0.4) is 0 Å². The van der Waals surface area contributed by atoms with E-state index in [4.69, 9.17) is 9.84 Å². The minimum absolute atomic E-state index is 0.0550. The topological polar surface area (TPSA) is 63.6 Å². The molecule has 4 nitrogen and oxygen atoms in total. The average molecular weight is 330 g/mol. The number of carboxylic acids is 1. The zero-order valence-corrected chi connectivity index (χ0v) is 14.6. The molecule has 2 rings (SSSR count). The van der Waals surface area contributed by atoms with Gasteiger partial charge in [-0.2, -0.15) is 0 Å². The van der Waals surface area contributed by atoms with Crippen molar-refractivity contribution in [2.75, 3.05) is 0 Å². The summed E-state index contributed by atoms with van der Waals surface area (Å²) in [5, 5.41) is 9.17. The smallest absolute Gasteiger partial charge is 0.336 e. The van der Waals surface area contributed by atoms with Crippen molar-refractivity contribution in [3.05, 3.63) is 41.5 Å². The lowest BCUT2D eigenvalue weighted by Crippen LogP contribution is -2.35. The Morgan fingerprint density at radius 1 is 1.25 bits per heavy atom. The molecule has 0 aliphatic heterocycles. The lowest BCUT2D eigenvalue weighted by molar-refractivity contribution is -0.149. The molecular weight excluding hydrogens is 304 g/mol. The van der Waals surface area contributed by atoms with Gasteiger partial charge in [-0.15, -0.1) is 0 Å². The molecule has 0 heterocycles. The molecule has 1 aliphatic carbocycles. The van der Waals surface area contributed by atoms with Gasteiger partial charge in [0.15, 0.2) is 0 Å². The van der Waals surface area contributed by atoms with Gasteiger partial charge in [-0.1, -0.05) is 45.4 Å². The number of carbonyl (C=O) groups excluding carboxylic acids is 1. The monoisotopic (exact) mass is 330 g/mol. The Balaban J connectivity index is 2.05. The van der Waals surface area contributed by atoms with Crippen molar-refractivity contribution in [2.45, 2.75) is 46.1 Å². The molecule has 0 radical (unpaired) electrons. The maximum Gasteiger partial charge on any atom is 0.336 e. The van der Waals surface area contributed by atoms with E-state index >= 15 is 0 Å². The molecule has 1 N–H and O–H groups in total. The minimum atomic E-state index is -1.01. The highest BCUT2D eigenvalue weighted by atomic mass is 16.5. The van der Waals surface area contributed by atoms with Crippen LogP contribution in [-0.4, -0.2) is 23.1 Å². The minimum Gasteiger partial charge on any atom is -0.478 e. The number of carboxylic acid groups (broad SMARTS) is 1. The molecule has 130 valence electrons. The largest absolute Gasteiger partial charge is 0.478 e. The van der Waals surface area contributed by atoms with E-state index in [2.05, 4.69) is 20.8 Å². The summed E-state index contributed by atoms with van der Waals surface area (Å²) in [6.45, 7) is 6.52. The fourth-order valence-electron chi connectivity index (χ4n) is 3.43. The fraction of sp³-hybridized carbons (Fsp3) is 0.500. The highest BCUT2D eigenvalue weighted by Crippen LogP contribution is 2.35. The summed E-state index contributed by atoms with van der Waals surface area (Å²) in [4.78, 5) is 23.4. The molecule has 4 heteroatoms. The SMILES string of the molecule is CC(C)[C@H]1CC[C@H](C)C[C@@H]1OC(=O)/C=C/c1ccccc1C(=O)O. The second-order valence-corrected chi connectivity index (χ2v) is 7.03. The van der Waals surface area contributed by atoms with Gasteiger partial charge in [0.05, 0.1) is 5.56 Å². The Morgan fingerprint density at radius 3 is 2.62 bits per heavy atom. The standard InChI is InChI=1S/C20H26O4/c1-13(2)16-10-8-14(3)12-18(16)24-19(21)11-9-15-6-4-5-7-17(15)20(22)23/h4-7,9,11,13-14,16,18H,8,10,12H2,1-3H3,(H,22,23)/b11-9+/t14-,16+,18-/m0/s1. The molecule has 0 saturated heterocycles. The van der Waals surface area contributed by atoms with Gasteiger partial charge < -0.3 is 9.84 Å². The number of esters is 1. The van der Waals surface area contributed by atoms with Crippen LogP contribution in [0.4, 0.5) is 0 Å². The van der Waals surface area contributed by atoms with Crippen LogP contribution >= 0.6 is 0 Å². The van der Waals surface area contributed by atoms with Gasteiger partial charge in [-0.3, -0.25) is 0 Å². The highest BCUT2D eigenvalue weighted by Gasteiger charge is 2.32. The van der Waals surface area contributed by atoms with Crippen LogP contribution in [0.1, 0.15) is 56.0 Å². The summed E-state index contributed by atoms with van der Waals surface area (Å²) in [6.07, 6.45) is 5.95. The van der Waals surface area contributed by atoms with Crippen LogP contribution in [0.25, 0.3) is 6.08 Å². The van der Waals surface area contributed by atoms with Crippen LogP contribution in [-0.2, 0) is 9.53 Å². The van der Waals surface area contributed by atoms with Gasteiger partial charge in [-0.25, -0.2) is 9.59 Å². The zero-order valence-electron chi connectivity index (χ0n) is 14.6. The maximum atomic E-state index is 12.2. The number of benzene rings is 1. The first-order chi connectivity index (χ1) is 11.4. The summed E-state index contributed by atoms with van der Waals surface area (Å²) in [5.74, 6) is 0.0240. The fourth-order valence-corrected chi connectivity index (χ4v) is 3.43. The molecule has 1 aromatic rings. The molecule has 1 aromatic carbocycles. The lowest BCUT2D eigenvalue weighted by Gasteiger charge is -2.36. The molecule has 1 saturated carbocycles. The second-order valence-electron chi connectivity index (χ2n) is 7.03. The highest BCUT2D eigenvalue weighted by molar-refractivity contribution is 5.94. The first kappa shape index (κ1) is 18.2. The molecule has 24 heavy (non-hydrogen) atoms. The van der Waals surface area contributed by atoms with E-state index < -0.39 is 11.9 Å². The van der Waals surface area contributed by atoms with E-state index in [1.54, 1.807) is 18.2 Å². The second kappa shape index (κ2) is 8.13. The van der Waals surface area contributed by atoms with Crippen molar-refractivity contribution >= 4 is 18.0 Å². The van der Waals surface area contributed by atoms with Crippen molar-refractivity contribution in [1.29, 1.82) is 0 Å². The van der Waals surface area contributed by atoms with Crippen molar-refractivity contribution in [3.63, 3.8) is 0 Å². The first-order valence-corrected chi connectivity index (χ1v) is 8.59. The quantitative estimate of drug-likeness (QED) is 0.642. The molecule has 0 aromatic heterocycles. The van der Waals surface area contributed by atoms with Gasteiger partial charge in [0.2, 0.25) is 0 Å². The first-order valence-electron chi connectivity index (χ1n) is 8.59. The molecular formula is C20H26O4. The molecule has 3 atom stereocenters. The molecule has 0 bridgehead atoms. The van der Waals surface area contributed by atoms with Crippen LogP contribution in [0.2, 0.25) is 0 Å². The Labute approximate surface area is 143 Å². The third-order valence-corrected chi connectivity index (χ3v) is 4.82. The van der Waals surface area contributed by atoms with Gasteiger partial charge in [0.1, 0.15) is 6.10 Å². The molecule has 0 spiro atoms. The Morgan fingerprint density at radius 2 is 1.96 bits per heavy atom. The van der Waals surface area contributed by atoms with Gasteiger partial charge in [0.25, 0.3) is 0 Å². The zero-order chi connectivity index (χ0) is 17.7. The average Bonchev–Trinajstić information content (AvgIpc) is 2.53.